The van der Waals surface area contributed by atoms with Gasteiger partial charge in [0.1, 0.15) is 0 Å². The largest absolute Gasteiger partial charge is 0.396 e. The molecule has 1 aromatic heterocycles. The average Bonchev–Trinajstić information content (AvgIpc) is 2.10. The third-order valence-corrected chi connectivity index (χ3v) is 1.99. The number of aliphatic hydroxyl groups excluding tert-OH is 2. The first-order valence-electron chi connectivity index (χ1n) is 4.44. The molecule has 0 saturated carbocycles. The number of hydrogen-bond acceptors (Lipinski definition) is 3. The highest BCUT2D eigenvalue weighted by Gasteiger charge is 2.00. The van der Waals surface area contributed by atoms with E-state index in [0.717, 1.165) is 16.8 Å². The summed E-state index contributed by atoms with van der Waals surface area (Å²) in [4.78, 5) is 4.22. The van der Waals surface area contributed by atoms with Crippen LogP contribution in [0.1, 0.15) is 16.8 Å². The van der Waals surface area contributed by atoms with Crippen molar-refractivity contribution in [2.75, 3.05) is 13.2 Å². The molecular formula is C10H15NO2. The van der Waals surface area contributed by atoms with Gasteiger partial charge < -0.3 is 10.2 Å². The Morgan fingerprint density at radius 2 is 1.92 bits per heavy atom. The lowest BCUT2D eigenvalue weighted by Crippen LogP contribution is -2.00. The summed E-state index contributed by atoms with van der Waals surface area (Å²) in [6, 6.07) is 2.01. The van der Waals surface area contributed by atoms with Gasteiger partial charge in [0.15, 0.2) is 0 Å². The van der Waals surface area contributed by atoms with E-state index < -0.39 is 0 Å². The maximum absolute atomic E-state index is 8.74. The molecule has 0 aliphatic heterocycles. The topological polar surface area (TPSA) is 53.4 Å². The van der Waals surface area contributed by atoms with Crippen molar-refractivity contribution in [1.29, 1.82) is 0 Å². The quantitative estimate of drug-likeness (QED) is 0.709. The molecule has 0 spiro atoms. The SMILES string of the molecule is Cc1cc(CCO)cnc1CCO. The molecule has 1 aromatic rings. The maximum atomic E-state index is 8.74. The Morgan fingerprint density at radius 1 is 1.23 bits per heavy atom. The van der Waals surface area contributed by atoms with Crippen molar-refractivity contribution >= 4 is 0 Å². The van der Waals surface area contributed by atoms with Gasteiger partial charge in [-0.05, 0) is 24.5 Å². The molecular weight excluding hydrogens is 166 g/mol. The summed E-state index contributed by atoms with van der Waals surface area (Å²) >= 11 is 0. The number of rotatable bonds is 4. The Bertz CT molecular complexity index is 274. The third kappa shape index (κ3) is 2.79. The van der Waals surface area contributed by atoms with Gasteiger partial charge >= 0.3 is 0 Å². The molecule has 2 N–H and O–H groups in total. The van der Waals surface area contributed by atoms with Crippen LogP contribution in [0.4, 0.5) is 0 Å². The van der Waals surface area contributed by atoms with Crippen molar-refractivity contribution in [2.45, 2.75) is 19.8 Å². The van der Waals surface area contributed by atoms with Crippen LogP contribution < -0.4 is 0 Å². The number of aryl methyl sites for hydroxylation is 1. The molecule has 3 heteroatoms. The standard InChI is InChI=1S/C10H15NO2/c1-8-6-9(2-4-12)7-11-10(8)3-5-13/h6-7,12-13H,2-5H2,1H3. The van der Waals surface area contributed by atoms with Crippen molar-refractivity contribution in [3.05, 3.63) is 29.1 Å². The molecule has 0 bridgehead atoms. The van der Waals surface area contributed by atoms with Crippen LogP contribution in [0.2, 0.25) is 0 Å². The second-order valence-electron chi connectivity index (χ2n) is 3.05. The van der Waals surface area contributed by atoms with Crippen molar-refractivity contribution in [2.24, 2.45) is 0 Å². The Labute approximate surface area is 78.1 Å². The predicted octanol–water partition coefficient (Wildman–Crippen LogP) is 0.460. The zero-order valence-corrected chi connectivity index (χ0v) is 7.82. The van der Waals surface area contributed by atoms with Crippen LogP contribution in [-0.4, -0.2) is 28.4 Å². The first-order chi connectivity index (χ1) is 6.27. The smallest absolute Gasteiger partial charge is 0.0486 e. The first kappa shape index (κ1) is 10.2. The molecule has 72 valence electrons. The van der Waals surface area contributed by atoms with Gasteiger partial charge in [0.25, 0.3) is 0 Å². The lowest BCUT2D eigenvalue weighted by atomic mass is 10.1. The van der Waals surface area contributed by atoms with Crippen molar-refractivity contribution in [3.63, 3.8) is 0 Å². The second-order valence-corrected chi connectivity index (χ2v) is 3.05. The van der Waals surface area contributed by atoms with Gasteiger partial charge in [0.2, 0.25) is 0 Å². The van der Waals surface area contributed by atoms with Crippen LogP contribution in [0.5, 0.6) is 0 Å². The van der Waals surface area contributed by atoms with Crippen LogP contribution in [0.3, 0.4) is 0 Å². The fourth-order valence-corrected chi connectivity index (χ4v) is 1.29. The normalized spacial score (nSPS) is 10.4. The highest BCUT2D eigenvalue weighted by molar-refractivity contribution is 5.24. The van der Waals surface area contributed by atoms with E-state index in [9.17, 15) is 0 Å². The number of aliphatic hydroxyl groups is 2. The molecule has 0 aliphatic carbocycles. The molecule has 0 saturated heterocycles. The fraction of sp³-hybridized carbons (Fsp3) is 0.500. The molecule has 0 aliphatic rings. The van der Waals surface area contributed by atoms with Crippen molar-refractivity contribution in [1.82, 2.24) is 4.98 Å². The molecule has 0 atom stereocenters. The highest BCUT2D eigenvalue weighted by atomic mass is 16.3. The van der Waals surface area contributed by atoms with Gasteiger partial charge in [-0.2, -0.15) is 0 Å². The van der Waals surface area contributed by atoms with E-state index in [0.29, 0.717) is 12.8 Å². The first-order valence-corrected chi connectivity index (χ1v) is 4.44. The van der Waals surface area contributed by atoms with Gasteiger partial charge in [0.05, 0.1) is 0 Å². The molecule has 0 unspecified atom stereocenters. The second kappa shape index (κ2) is 4.94. The number of pyridine rings is 1. The monoisotopic (exact) mass is 181 g/mol. The van der Waals surface area contributed by atoms with E-state index in [4.69, 9.17) is 10.2 Å². The number of nitrogens with zero attached hydrogens (tertiary/aromatic N) is 1. The minimum atomic E-state index is 0.132. The van der Waals surface area contributed by atoms with E-state index in [1.165, 1.54) is 0 Å². The van der Waals surface area contributed by atoms with Gasteiger partial charge in [-0.1, -0.05) is 6.07 Å². The van der Waals surface area contributed by atoms with E-state index in [2.05, 4.69) is 4.98 Å². The lowest BCUT2D eigenvalue weighted by molar-refractivity contribution is 0.296. The Kier molecular flexibility index (Phi) is 3.86. The minimum Gasteiger partial charge on any atom is -0.396 e. The van der Waals surface area contributed by atoms with Crippen molar-refractivity contribution < 1.29 is 10.2 Å². The van der Waals surface area contributed by atoms with E-state index in [-0.39, 0.29) is 13.2 Å². The van der Waals surface area contributed by atoms with Crippen LogP contribution in [0, 0.1) is 6.92 Å². The van der Waals surface area contributed by atoms with Gasteiger partial charge in [0, 0.05) is 31.5 Å². The van der Waals surface area contributed by atoms with Crippen molar-refractivity contribution in [3.8, 4) is 0 Å². The van der Waals surface area contributed by atoms with Crippen LogP contribution >= 0.6 is 0 Å². The highest BCUT2D eigenvalue weighted by Crippen LogP contribution is 2.08. The number of aromatic nitrogens is 1. The maximum Gasteiger partial charge on any atom is 0.0486 e. The predicted molar refractivity (Wildman–Crippen MR) is 50.6 cm³/mol. The average molecular weight is 181 g/mol. The zero-order valence-electron chi connectivity index (χ0n) is 7.82. The van der Waals surface area contributed by atoms with Crippen LogP contribution in [0.25, 0.3) is 0 Å². The Balaban J connectivity index is 2.79. The molecule has 0 fully saturated rings. The molecule has 13 heavy (non-hydrogen) atoms. The van der Waals surface area contributed by atoms with E-state index in [1.807, 2.05) is 13.0 Å². The van der Waals surface area contributed by atoms with Gasteiger partial charge in [-0.25, -0.2) is 0 Å². The Morgan fingerprint density at radius 3 is 2.46 bits per heavy atom. The molecule has 0 radical (unpaired) electrons. The fourth-order valence-electron chi connectivity index (χ4n) is 1.29. The summed E-state index contributed by atoms with van der Waals surface area (Å²) in [5.74, 6) is 0. The zero-order chi connectivity index (χ0) is 9.68. The molecule has 0 aromatic carbocycles. The van der Waals surface area contributed by atoms with Gasteiger partial charge in [-0.15, -0.1) is 0 Å². The van der Waals surface area contributed by atoms with Crippen LogP contribution in [0.15, 0.2) is 12.3 Å². The molecule has 1 heterocycles. The Hall–Kier alpha value is -0.930. The summed E-state index contributed by atoms with van der Waals surface area (Å²) in [7, 11) is 0. The van der Waals surface area contributed by atoms with Gasteiger partial charge in [-0.3, -0.25) is 4.98 Å². The molecule has 3 nitrogen and oxygen atoms in total. The summed E-state index contributed by atoms with van der Waals surface area (Å²) in [6.45, 7) is 2.26. The molecule has 0 amide bonds. The summed E-state index contributed by atoms with van der Waals surface area (Å²) < 4.78 is 0. The summed E-state index contributed by atoms with van der Waals surface area (Å²) in [6.07, 6.45) is 3.01. The number of hydrogen-bond donors (Lipinski definition) is 2. The van der Waals surface area contributed by atoms with E-state index in [1.54, 1.807) is 6.20 Å². The summed E-state index contributed by atoms with van der Waals surface area (Å²) in [5.41, 5.74) is 3.06. The minimum absolute atomic E-state index is 0.132. The third-order valence-electron chi connectivity index (χ3n) is 1.99. The van der Waals surface area contributed by atoms with Crippen LogP contribution in [-0.2, 0) is 12.8 Å². The summed E-state index contributed by atoms with van der Waals surface area (Å²) in [5, 5.41) is 17.5. The van der Waals surface area contributed by atoms with E-state index >= 15 is 0 Å². The molecule has 1 rings (SSSR count). The lowest BCUT2D eigenvalue weighted by Gasteiger charge is -2.05.